The van der Waals surface area contributed by atoms with E-state index in [-0.39, 0.29) is 5.41 Å². The molecule has 2 N–H and O–H groups in total. The largest absolute Gasteiger partial charge is 0.350 e. The maximum atomic E-state index is 4.33. The summed E-state index contributed by atoms with van der Waals surface area (Å²) >= 11 is 1.84. The quantitative estimate of drug-likeness (QED) is 0.903. The molecule has 6 heteroatoms. The summed E-state index contributed by atoms with van der Waals surface area (Å²) in [7, 11) is 3.84. The van der Waals surface area contributed by atoms with Crippen LogP contribution in [0.15, 0.2) is 12.1 Å². The van der Waals surface area contributed by atoms with Gasteiger partial charge in [0.2, 0.25) is 11.9 Å². The van der Waals surface area contributed by atoms with Crippen LogP contribution in [0.25, 0.3) is 0 Å². The third-order valence-corrected chi connectivity index (χ3v) is 4.22. The topological polar surface area (TPSA) is 56.8 Å². The van der Waals surface area contributed by atoms with Crippen LogP contribution in [0, 0.1) is 0 Å². The summed E-state index contributed by atoms with van der Waals surface area (Å²) in [6.07, 6.45) is 0. The molecule has 5 nitrogen and oxygen atoms in total. The second kappa shape index (κ2) is 5.21. The number of nitrogens with one attached hydrogen (secondary N) is 2. The van der Waals surface area contributed by atoms with Gasteiger partial charge < -0.3 is 10.2 Å². The van der Waals surface area contributed by atoms with Crippen LogP contribution in [0.3, 0.4) is 0 Å². The van der Waals surface area contributed by atoms with E-state index >= 15 is 0 Å². The van der Waals surface area contributed by atoms with Gasteiger partial charge in [0, 0.05) is 23.8 Å². The van der Waals surface area contributed by atoms with Crippen molar-refractivity contribution in [3.05, 3.63) is 21.9 Å². The number of aromatic amines is 1. The van der Waals surface area contributed by atoms with Gasteiger partial charge in [-0.3, -0.25) is 0 Å². The van der Waals surface area contributed by atoms with E-state index in [0.717, 1.165) is 6.54 Å². The minimum Gasteiger partial charge on any atom is -0.350 e. The molecule has 0 aliphatic rings. The second-order valence-electron chi connectivity index (χ2n) is 5.75. The Kier molecular flexibility index (Phi) is 3.80. The lowest BCUT2D eigenvalue weighted by Crippen LogP contribution is -2.10. The first-order chi connectivity index (χ1) is 8.86. The predicted molar refractivity (Wildman–Crippen MR) is 81.1 cm³/mol. The fraction of sp³-hybridized carbons (Fsp3) is 0.538. The van der Waals surface area contributed by atoms with Gasteiger partial charge in [-0.25, -0.2) is 5.10 Å². The first-order valence-electron chi connectivity index (χ1n) is 6.29. The summed E-state index contributed by atoms with van der Waals surface area (Å²) in [6.45, 7) is 7.46. The van der Waals surface area contributed by atoms with Gasteiger partial charge in [-0.2, -0.15) is 4.98 Å². The van der Waals surface area contributed by atoms with Crippen molar-refractivity contribution in [2.24, 2.45) is 0 Å². The molecular formula is C13H21N5S. The molecule has 104 valence electrons. The average Bonchev–Trinajstić information content (AvgIpc) is 2.95. The van der Waals surface area contributed by atoms with Gasteiger partial charge in [0.25, 0.3) is 0 Å². The first-order valence-corrected chi connectivity index (χ1v) is 7.10. The van der Waals surface area contributed by atoms with Crippen molar-refractivity contribution >= 4 is 23.2 Å². The molecule has 0 aliphatic heterocycles. The van der Waals surface area contributed by atoms with Crippen LogP contribution in [0.1, 0.15) is 30.5 Å². The van der Waals surface area contributed by atoms with Gasteiger partial charge in [-0.15, -0.1) is 16.4 Å². The Morgan fingerprint density at radius 3 is 2.58 bits per heavy atom. The lowest BCUT2D eigenvalue weighted by Gasteiger charge is -2.15. The lowest BCUT2D eigenvalue weighted by molar-refractivity contribution is 0.604. The van der Waals surface area contributed by atoms with E-state index in [9.17, 15) is 0 Å². The van der Waals surface area contributed by atoms with E-state index < -0.39 is 0 Å². The average molecular weight is 279 g/mol. The zero-order valence-electron chi connectivity index (χ0n) is 12.1. The summed E-state index contributed by atoms with van der Waals surface area (Å²) in [5.41, 5.74) is 0.216. The van der Waals surface area contributed by atoms with Crippen LogP contribution >= 0.6 is 11.3 Å². The zero-order valence-corrected chi connectivity index (χ0v) is 12.9. The molecule has 0 aromatic carbocycles. The third-order valence-electron chi connectivity index (χ3n) is 2.70. The van der Waals surface area contributed by atoms with Crippen molar-refractivity contribution in [1.29, 1.82) is 0 Å². The molecule has 0 saturated carbocycles. The van der Waals surface area contributed by atoms with Gasteiger partial charge in [0.15, 0.2) is 0 Å². The van der Waals surface area contributed by atoms with Crippen molar-refractivity contribution in [3.63, 3.8) is 0 Å². The SMILES string of the molecule is CN(C)c1n[nH]c(NCc2ccc(C(C)(C)C)s2)n1. The Morgan fingerprint density at radius 1 is 1.32 bits per heavy atom. The zero-order chi connectivity index (χ0) is 14.0. The molecule has 2 aromatic heterocycles. The van der Waals surface area contributed by atoms with E-state index in [1.54, 1.807) is 0 Å². The number of thiophene rings is 1. The Hall–Kier alpha value is -1.56. The summed E-state index contributed by atoms with van der Waals surface area (Å²) in [5.74, 6) is 1.39. The van der Waals surface area contributed by atoms with Gasteiger partial charge >= 0.3 is 0 Å². The number of anilines is 2. The van der Waals surface area contributed by atoms with Crippen molar-refractivity contribution in [1.82, 2.24) is 15.2 Å². The van der Waals surface area contributed by atoms with E-state index in [2.05, 4.69) is 53.4 Å². The Bertz CT molecular complexity index is 535. The summed E-state index contributed by atoms with van der Waals surface area (Å²) < 4.78 is 0. The summed E-state index contributed by atoms with van der Waals surface area (Å²) in [5, 5.41) is 10.2. The molecule has 2 aromatic rings. The van der Waals surface area contributed by atoms with Crippen LogP contribution < -0.4 is 10.2 Å². The standard InChI is InChI=1S/C13H21N5S/c1-13(2,3)10-7-6-9(19-10)8-14-11-15-12(17-16-11)18(4)5/h6-7H,8H2,1-5H3,(H2,14,15,16,17). The molecule has 0 saturated heterocycles. The Balaban J connectivity index is 1.96. The number of nitrogens with zero attached hydrogens (tertiary/aromatic N) is 3. The van der Waals surface area contributed by atoms with Crippen LogP contribution in [0.2, 0.25) is 0 Å². The summed E-state index contributed by atoms with van der Waals surface area (Å²) in [4.78, 5) is 8.90. The maximum absolute atomic E-state index is 4.33. The third kappa shape index (κ3) is 3.47. The number of H-pyrrole nitrogens is 1. The first kappa shape index (κ1) is 13.9. The molecule has 0 atom stereocenters. The highest BCUT2D eigenvalue weighted by molar-refractivity contribution is 7.12. The number of aromatic nitrogens is 3. The number of hydrogen-bond donors (Lipinski definition) is 2. The van der Waals surface area contributed by atoms with Crippen LogP contribution in [-0.2, 0) is 12.0 Å². The molecule has 0 spiro atoms. The van der Waals surface area contributed by atoms with Gasteiger partial charge in [-0.1, -0.05) is 20.8 Å². The van der Waals surface area contributed by atoms with E-state index in [1.807, 2.05) is 30.3 Å². The highest BCUT2D eigenvalue weighted by Gasteiger charge is 2.16. The minimum atomic E-state index is 0.216. The van der Waals surface area contributed by atoms with Crippen molar-refractivity contribution in [2.45, 2.75) is 32.7 Å². The lowest BCUT2D eigenvalue weighted by atomic mass is 9.95. The maximum Gasteiger partial charge on any atom is 0.245 e. The molecule has 0 amide bonds. The Labute approximate surface area is 118 Å². The molecule has 0 fully saturated rings. The van der Waals surface area contributed by atoms with E-state index in [0.29, 0.717) is 11.9 Å². The molecule has 2 rings (SSSR count). The monoisotopic (exact) mass is 279 g/mol. The molecule has 2 heterocycles. The molecule has 19 heavy (non-hydrogen) atoms. The van der Waals surface area contributed by atoms with Crippen LogP contribution in [0.5, 0.6) is 0 Å². The highest BCUT2D eigenvalue weighted by atomic mass is 32.1. The van der Waals surface area contributed by atoms with E-state index in [4.69, 9.17) is 0 Å². The molecule has 0 unspecified atom stereocenters. The van der Waals surface area contributed by atoms with Crippen molar-refractivity contribution < 1.29 is 0 Å². The molecular weight excluding hydrogens is 258 g/mol. The highest BCUT2D eigenvalue weighted by Crippen LogP contribution is 2.29. The summed E-state index contributed by atoms with van der Waals surface area (Å²) in [6, 6.07) is 4.37. The second-order valence-corrected chi connectivity index (χ2v) is 6.92. The van der Waals surface area contributed by atoms with Crippen molar-refractivity contribution in [3.8, 4) is 0 Å². The molecule has 0 bridgehead atoms. The fourth-order valence-corrected chi connectivity index (χ4v) is 2.58. The normalized spacial score (nSPS) is 11.6. The van der Waals surface area contributed by atoms with E-state index in [1.165, 1.54) is 9.75 Å². The predicted octanol–water partition coefficient (Wildman–Crippen LogP) is 2.84. The van der Waals surface area contributed by atoms with Gasteiger partial charge in [-0.05, 0) is 17.5 Å². The van der Waals surface area contributed by atoms with Gasteiger partial charge in [0.1, 0.15) is 0 Å². The fourth-order valence-electron chi connectivity index (χ4n) is 1.58. The van der Waals surface area contributed by atoms with Crippen LogP contribution in [-0.4, -0.2) is 29.3 Å². The molecule has 0 radical (unpaired) electrons. The minimum absolute atomic E-state index is 0.216. The number of rotatable bonds is 4. The van der Waals surface area contributed by atoms with Crippen LogP contribution in [0.4, 0.5) is 11.9 Å². The Morgan fingerprint density at radius 2 is 2.05 bits per heavy atom. The molecule has 0 aliphatic carbocycles. The van der Waals surface area contributed by atoms with Crippen molar-refractivity contribution in [2.75, 3.05) is 24.3 Å². The van der Waals surface area contributed by atoms with Gasteiger partial charge in [0.05, 0.1) is 6.54 Å². The smallest absolute Gasteiger partial charge is 0.245 e. The number of hydrogen-bond acceptors (Lipinski definition) is 5.